The number of aromatic nitrogens is 1. The zero-order valence-corrected chi connectivity index (χ0v) is 10.7. The Kier molecular flexibility index (Phi) is 2.63. The van der Waals surface area contributed by atoms with Crippen LogP contribution >= 0.6 is 15.9 Å². The Morgan fingerprint density at radius 3 is 3.18 bits per heavy atom. The fourth-order valence-corrected chi connectivity index (χ4v) is 2.58. The third-order valence-electron chi connectivity index (χ3n) is 3.05. The average Bonchev–Trinajstić information content (AvgIpc) is 2.93. The quantitative estimate of drug-likeness (QED) is 0.800. The predicted octanol–water partition coefficient (Wildman–Crippen LogP) is 2.58. The van der Waals surface area contributed by atoms with E-state index in [9.17, 15) is 4.79 Å². The Labute approximate surface area is 107 Å². The smallest absolute Gasteiger partial charge is 0.227 e. The summed E-state index contributed by atoms with van der Waals surface area (Å²) in [6, 6.07) is 5.67. The van der Waals surface area contributed by atoms with Gasteiger partial charge in [-0.05, 0) is 18.1 Å². The number of rotatable bonds is 2. The number of nitrogens with zero attached hydrogens (tertiary/aromatic N) is 2. The highest BCUT2D eigenvalue weighted by Crippen LogP contribution is 2.28. The molecule has 0 saturated carbocycles. The lowest BCUT2D eigenvalue weighted by atomic mass is 10.2. The van der Waals surface area contributed by atoms with E-state index in [0.717, 1.165) is 28.7 Å². The van der Waals surface area contributed by atoms with E-state index >= 15 is 0 Å². The highest BCUT2D eigenvalue weighted by atomic mass is 79.9. The first-order valence-electron chi connectivity index (χ1n) is 5.47. The van der Waals surface area contributed by atoms with Crippen molar-refractivity contribution in [3.63, 3.8) is 0 Å². The Bertz CT molecular complexity index is 566. The van der Waals surface area contributed by atoms with Gasteiger partial charge in [0.15, 0.2) is 12.0 Å². The van der Waals surface area contributed by atoms with Crippen molar-refractivity contribution in [1.82, 2.24) is 4.98 Å². The topological polar surface area (TPSA) is 46.3 Å². The number of hydrogen-bond donors (Lipinski definition) is 0. The molecular formula is C12H11BrN2O2. The molecule has 1 aliphatic heterocycles. The first-order chi connectivity index (χ1) is 8.28. The van der Waals surface area contributed by atoms with Crippen molar-refractivity contribution in [1.29, 1.82) is 0 Å². The number of fused-ring (bicyclic) bond motifs is 1. The van der Waals surface area contributed by atoms with E-state index in [1.165, 1.54) is 6.39 Å². The molecule has 1 fully saturated rings. The minimum atomic E-state index is 0.174. The molecule has 88 valence electrons. The van der Waals surface area contributed by atoms with Crippen LogP contribution in [0.15, 0.2) is 29.0 Å². The summed E-state index contributed by atoms with van der Waals surface area (Å²) in [6.45, 7) is 0.768. The molecule has 0 N–H and O–H groups in total. The third kappa shape index (κ3) is 1.84. The van der Waals surface area contributed by atoms with Gasteiger partial charge >= 0.3 is 0 Å². The van der Waals surface area contributed by atoms with Crippen molar-refractivity contribution in [2.75, 3.05) is 16.8 Å². The van der Waals surface area contributed by atoms with Crippen LogP contribution in [0.25, 0.3) is 11.1 Å². The van der Waals surface area contributed by atoms with Crippen LogP contribution in [0, 0.1) is 5.92 Å². The van der Waals surface area contributed by atoms with Crippen molar-refractivity contribution in [2.24, 2.45) is 5.92 Å². The maximum absolute atomic E-state index is 11.9. The van der Waals surface area contributed by atoms with Crippen molar-refractivity contribution in [3.8, 4) is 0 Å². The second kappa shape index (κ2) is 4.14. The molecule has 1 aliphatic rings. The molecule has 1 amide bonds. The first-order valence-corrected chi connectivity index (χ1v) is 6.59. The molecule has 2 heterocycles. The number of alkyl halides is 1. The molecule has 1 aromatic heterocycles. The van der Waals surface area contributed by atoms with E-state index in [0.29, 0.717) is 12.3 Å². The monoisotopic (exact) mass is 294 g/mol. The number of hydrogen-bond acceptors (Lipinski definition) is 3. The zero-order valence-electron chi connectivity index (χ0n) is 9.10. The van der Waals surface area contributed by atoms with Crippen LogP contribution < -0.4 is 4.90 Å². The summed E-state index contributed by atoms with van der Waals surface area (Å²) < 4.78 is 5.25. The van der Waals surface area contributed by atoms with Gasteiger partial charge in [0.05, 0.1) is 0 Å². The fourth-order valence-electron chi connectivity index (χ4n) is 2.15. The zero-order chi connectivity index (χ0) is 11.8. The minimum absolute atomic E-state index is 0.174. The molecule has 0 radical (unpaired) electrons. The summed E-state index contributed by atoms with van der Waals surface area (Å²) in [5, 5.41) is 0.861. The van der Waals surface area contributed by atoms with E-state index < -0.39 is 0 Å². The molecule has 4 nitrogen and oxygen atoms in total. The number of benzene rings is 1. The van der Waals surface area contributed by atoms with Gasteiger partial charge in [0.2, 0.25) is 5.91 Å². The van der Waals surface area contributed by atoms with Crippen molar-refractivity contribution < 1.29 is 9.21 Å². The van der Waals surface area contributed by atoms with Gasteiger partial charge in [-0.15, -0.1) is 0 Å². The Morgan fingerprint density at radius 1 is 1.53 bits per heavy atom. The van der Waals surface area contributed by atoms with Gasteiger partial charge < -0.3 is 9.32 Å². The fraction of sp³-hybridized carbons (Fsp3) is 0.333. The standard InChI is InChI=1S/C12H11BrN2O2/c13-5-8-3-12(16)15(6-8)9-1-2-10-11(4-9)17-7-14-10/h1-2,4,7-8H,3,5-6H2. The number of halogens is 1. The molecule has 1 unspecified atom stereocenters. The lowest BCUT2D eigenvalue weighted by molar-refractivity contribution is -0.117. The molecule has 0 aliphatic carbocycles. The molecule has 2 aromatic rings. The summed E-state index contributed by atoms with van der Waals surface area (Å²) in [7, 11) is 0. The second-order valence-corrected chi connectivity index (χ2v) is 4.88. The van der Waals surface area contributed by atoms with Gasteiger partial charge in [0, 0.05) is 30.0 Å². The number of oxazole rings is 1. The van der Waals surface area contributed by atoms with E-state index in [4.69, 9.17) is 4.42 Å². The van der Waals surface area contributed by atoms with E-state index in [-0.39, 0.29) is 5.91 Å². The van der Waals surface area contributed by atoms with Crippen molar-refractivity contribution in [2.45, 2.75) is 6.42 Å². The highest BCUT2D eigenvalue weighted by molar-refractivity contribution is 9.09. The summed E-state index contributed by atoms with van der Waals surface area (Å²) >= 11 is 3.43. The number of carbonyl (C=O) groups excluding carboxylic acids is 1. The number of amides is 1. The molecule has 1 atom stereocenters. The van der Waals surface area contributed by atoms with E-state index in [2.05, 4.69) is 20.9 Å². The summed E-state index contributed by atoms with van der Waals surface area (Å²) in [6.07, 6.45) is 2.03. The van der Waals surface area contributed by atoms with Crippen LogP contribution in [0.1, 0.15) is 6.42 Å². The van der Waals surface area contributed by atoms with Crippen LogP contribution in [0.2, 0.25) is 0 Å². The summed E-state index contributed by atoms with van der Waals surface area (Å²) in [5.41, 5.74) is 2.43. The molecule has 3 rings (SSSR count). The Morgan fingerprint density at radius 2 is 2.41 bits per heavy atom. The normalized spacial score (nSPS) is 20.4. The molecule has 1 aromatic carbocycles. The number of anilines is 1. The van der Waals surface area contributed by atoms with Gasteiger partial charge in [-0.2, -0.15) is 0 Å². The SMILES string of the molecule is O=C1CC(CBr)CN1c1ccc2ncoc2c1. The lowest BCUT2D eigenvalue weighted by Crippen LogP contribution is -2.24. The largest absolute Gasteiger partial charge is 0.443 e. The molecule has 0 bridgehead atoms. The second-order valence-electron chi connectivity index (χ2n) is 4.23. The predicted molar refractivity (Wildman–Crippen MR) is 68.3 cm³/mol. The van der Waals surface area contributed by atoms with Crippen LogP contribution in [-0.2, 0) is 4.79 Å². The average molecular weight is 295 g/mol. The van der Waals surface area contributed by atoms with Gasteiger partial charge in [-0.1, -0.05) is 15.9 Å². The van der Waals surface area contributed by atoms with E-state index in [1.807, 2.05) is 23.1 Å². The number of carbonyl (C=O) groups is 1. The van der Waals surface area contributed by atoms with Crippen LogP contribution in [0.4, 0.5) is 5.69 Å². The molecule has 0 spiro atoms. The van der Waals surface area contributed by atoms with Gasteiger partial charge in [-0.25, -0.2) is 4.98 Å². The van der Waals surface area contributed by atoms with Gasteiger partial charge in [-0.3, -0.25) is 4.79 Å². The molecule has 17 heavy (non-hydrogen) atoms. The molecule has 5 heteroatoms. The highest BCUT2D eigenvalue weighted by Gasteiger charge is 2.29. The lowest BCUT2D eigenvalue weighted by Gasteiger charge is -2.15. The summed E-state index contributed by atoms with van der Waals surface area (Å²) in [4.78, 5) is 17.7. The van der Waals surface area contributed by atoms with Gasteiger partial charge in [0.25, 0.3) is 0 Å². The van der Waals surface area contributed by atoms with Crippen LogP contribution in [0.5, 0.6) is 0 Å². The molecule has 1 saturated heterocycles. The first kappa shape index (κ1) is 10.8. The van der Waals surface area contributed by atoms with Crippen LogP contribution in [0.3, 0.4) is 0 Å². The minimum Gasteiger partial charge on any atom is -0.443 e. The maximum atomic E-state index is 11.9. The van der Waals surface area contributed by atoms with Crippen molar-refractivity contribution in [3.05, 3.63) is 24.6 Å². The van der Waals surface area contributed by atoms with Gasteiger partial charge in [0.1, 0.15) is 5.52 Å². The Hall–Kier alpha value is -1.36. The summed E-state index contributed by atoms with van der Waals surface area (Å²) in [5.74, 6) is 0.571. The van der Waals surface area contributed by atoms with Crippen LogP contribution in [-0.4, -0.2) is 22.8 Å². The third-order valence-corrected chi connectivity index (χ3v) is 3.97. The Balaban J connectivity index is 1.95. The molecular weight excluding hydrogens is 284 g/mol. The maximum Gasteiger partial charge on any atom is 0.227 e. The van der Waals surface area contributed by atoms with Crippen molar-refractivity contribution >= 4 is 38.6 Å². The van der Waals surface area contributed by atoms with E-state index in [1.54, 1.807) is 0 Å².